The van der Waals surface area contributed by atoms with Crippen molar-refractivity contribution in [2.45, 2.75) is 13.8 Å². The third kappa shape index (κ3) is 0.845. The fraction of sp³-hybridized carbons (Fsp3) is 0.250. The molecule has 2 rings (SSSR count). The largest absolute Gasteiger partial charge is 0.307 e. The number of nitrogens with one attached hydrogen (secondary N) is 1. The lowest BCUT2D eigenvalue weighted by Crippen LogP contribution is -2.09. The van der Waals surface area contributed by atoms with Crippen LogP contribution in [0.5, 0.6) is 0 Å². The van der Waals surface area contributed by atoms with Gasteiger partial charge in [0.1, 0.15) is 11.5 Å². The van der Waals surface area contributed by atoms with E-state index in [1.54, 1.807) is 12.3 Å². The van der Waals surface area contributed by atoms with Gasteiger partial charge in [0, 0.05) is 11.8 Å². The number of imidazole rings is 1. The fourth-order valence-corrected chi connectivity index (χ4v) is 1.39. The summed E-state index contributed by atoms with van der Waals surface area (Å²) in [4.78, 5) is 17.8. The van der Waals surface area contributed by atoms with Crippen LogP contribution >= 0.6 is 0 Å². The van der Waals surface area contributed by atoms with Crippen LogP contribution in [0.1, 0.15) is 11.5 Å². The first-order chi connectivity index (χ1) is 5.68. The topological polar surface area (TPSA) is 50.2 Å². The molecule has 0 fully saturated rings. The first-order valence-electron chi connectivity index (χ1n) is 3.72. The normalized spacial score (nSPS) is 10.8. The molecule has 4 heteroatoms. The monoisotopic (exact) mass is 163 g/mol. The summed E-state index contributed by atoms with van der Waals surface area (Å²) in [6.45, 7) is 3.79. The number of nitrogens with zero attached hydrogens (tertiary/aromatic N) is 2. The maximum atomic E-state index is 11.0. The predicted octanol–water partition coefficient (Wildman–Crippen LogP) is 0.639. The Labute approximate surface area is 68.9 Å². The highest BCUT2D eigenvalue weighted by Gasteiger charge is 2.01. The Kier molecular flexibility index (Phi) is 1.30. The van der Waals surface area contributed by atoms with Crippen LogP contribution in [0.4, 0.5) is 0 Å². The van der Waals surface area contributed by atoms with Crippen LogP contribution in [-0.2, 0) is 0 Å². The quantitative estimate of drug-likeness (QED) is 0.619. The van der Waals surface area contributed by atoms with Crippen LogP contribution in [-0.4, -0.2) is 14.4 Å². The summed E-state index contributed by atoms with van der Waals surface area (Å²) in [5.41, 5.74) is 1.57. The van der Waals surface area contributed by atoms with E-state index < -0.39 is 0 Å². The molecule has 0 aromatic carbocycles. The lowest BCUT2D eigenvalue weighted by atomic mass is 10.4. The summed E-state index contributed by atoms with van der Waals surface area (Å²) < 4.78 is 1.90. The maximum absolute atomic E-state index is 11.0. The Morgan fingerprint density at radius 2 is 2.25 bits per heavy atom. The Bertz CT molecular complexity index is 480. The lowest BCUT2D eigenvalue weighted by molar-refractivity contribution is 0.964. The smallest absolute Gasteiger partial charge is 0.251 e. The van der Waals surface area contributed by atoms with Gasteiger partial charge in [-0.1, -0.05) is 0 Å². The second-order valence-corrected chi connectivity index (χ2v) is 2.80. The molecular formula is C8H9N3O. The molecule has 0 amide bonds. The van der Waals surface area contributed by atoms with Gasteiger partial charge in [0.15, 0.2) is 0 Å². The molecule has 4 nitrogen and oxygen atoms in total. The molecule has 0 aliphatic carbocycles. The third-order valence-corrected chi connectivity index (χ3v) is 1.88. The molecule has 0 bridgehead atoms. The van der Waals surface area contributed by atoms with Gasteiger partial charge in [-0.15, -0.1) is 0 Å². The van der Waals surface area contributed by atoms with Gasteiger partial charge < -0.3 is 4.98 Å². The number of aromatic amines is 1. The van der Waals surface area contributed by atoms with E-state index in [0.29, 0.717) is 0 Å². The summed E-state index contributed by atoms with van der Waals surface area (Å²) in [6, 6.07) is 1.56. The number of fused-ring (bicyclic) bond motifs is 1. The van der Waals surface area contributed by atoms with Crippen molar-refractivity contribution in [1.82, 2.24) is 14.4 Å². The fourth-order valence-electron chi connectivity index (χ4n) is 1.39. The molecule has 0 spiro atoms. The van der Waals surface area contributed by atoms with Gasteiger partial charge >= 0.3 is 0 Å². The van der Waals surface area contributed by atoms with Crippen molar-refractivity contribution >= 4 is 5.65 Å². The van der Waals surface area contributed by atoms with Crippen molar-refractivity contribution < 1.29 is 0 Å². The van der Waals surface area contributed by atoms with Crippen molar-refractivity contribution in [3.8, 4) is 0 Å². The van der Waals surface area contributed by atoms with Crippen molar-refractivity contribution in [3.63, 3.8) is 0 Å². The number of hydrogen-bond donors (Lipinski definition) is 1. The summed E-state index contributed by atoms with van der Waals surface area (Å²) in [5.74, 6) is 0.888. The molecule has 1 N–H and O–H groups in total. The molecule has 0 aliphatic rings. The first kappa shape index (κ1) is 7.09. The van der Waals surface area contributed by atoms with Crippen LogP contribution in [0.3, 0.4) is 0 Å². The van der Waals surface area contributed by atoms with Crippen LogP contribution in [0.25, 0.3) is 5.65 Å². The standard InChI is InChI=1S/C8H9N3O/c1-5-3-8(12)10-7-4-9-6(2)11(5)7/h3-4H,1-2H3,(H,10,12). The number of aryl methyl sites for hydroxylation is 2. The van der Waals surface area contributed by atoms with Crippen molar-refractivity contribution in [3.05, 3.63) is 34.1 Å². The minimum Gasteiger partial charge on any atom is -0.307 e. The number of H-pyrrole nitrogens is 1. The van der Waals surface area contributed by atoms with E-state index in [2.05, 4.69) is 9.97 Å². The van der Waals surface area contributed by atoms with E-state index in [0.717, 1.165) is 17.2 Å². The number of rotatable bonds is 0. The maximum Gasteiger partial charge on any atom is 0.251 e. The van der Waals surface area contributed by atoms with Gasteiger partial charge in [-0.2, -0.15) is 0 Å². The lowest BCUT2D eigenvalue weighted by Gasteiger charge is -1.99. The van der Waals surface area contributed by atoms with Crippen LogP contribution in [0, 0.1) is 13.8 Å². The average molecular weight is 163 g/mol. The van der Waals surface area contributed by atoms with Gasteiger partial charge in [-0.05, 0) is 13.8 Å². The zero-order valence-electron chi connectivity index (χ0n) is 6.96. The van der Waals surface area contributed by atoms with Crippen molar-refractivity contribution in [1.29, 1.82) is 0 Å². The molecule has 0 atom stereocenters. The molecule has 62 valence electrons. The van der Waals surface area contributed by atoms with E-state index in [1.807, 2.05) is 18.2 Å². The van der Waals surface area contributed by atoms with E-state index >= 15 is 0 Å². The molecule has 0 saturated heterocycles. The summed E-state index contributed by atoms with van der Waals surface area (Å²) in [7, 11) is 0. The Hall–Kier alpha value is -1.58. The molecule has 2 heterocycles. The zero-order chi connectivity index (χ0) is 8.72. The Balaban J connectivity index is 3.02. The van der Waals surface area contributed by atoms with Gasteiger partial charge in [0.05, 0.1) is 6.20 Å². The highest BCUT2D eigenvalue weighted by Crippen LogP contribution is 2.03. The molecule has 0 aliphatic heterocycles. The highest BCUT2D eigenvalue weighted by atomic mass is 16.1. The van der Waals surface area contributed by atoms with E-state index in [1.165, 1.54) is 0 Å². The van der Waals surface area contributed by atoms with Crippen LogP contribution in [0.15, 0.2) is 17.1 Å². The minimum atomic E-state index is -0.0834. The molecule has 12 heavy (non-hydrogen) atoms. The van der Waals surface area contributed by atoms with Gasteiger partial charge in [-0.3, -0.25) is 9.20 Å². The van der Waals surface area contributed by atoms with E-state index in [4.69, 9.17) is 0 Å². The summed E-state index contributed by atoms with van der Waals surface area (Å²) in [6.07, 6.45) is 1.66. The Morgan fingerprint density at radius 1 is 1.50 bits per heavy atom. The van der Waals surface area contributed by atoms with Gasteiger partial charge in [0.25, 0.3) is 5.56 Å². The molecule has 2 aromatic rings. The number of hydrogen-bond acceptors (Lipinski definition) is 2. The zero-order valence-corrected chi connectivity index (χ0v) is 6.96. The summed E-state index contributed by atoms with van der Waals surface area (Å²) in [5, 5.41) is 0. The molecular weight excluding hydrogens is 154 g/mol. The second-order valence-electron chi connectivity index (χ2n) is 2.80. The van der Waals surface area contributed by atoms with E-state index in [9.17, 15) is 4.79 Å². The predicted molar refractivity (Wildman–Crippen MR) is 45.3 cm³/mol. The van der Waals surface area contributed by atoms with Gasteiger partial charge in [-0.25, -0.2) is 4.98 Å². The average Bonchev–Trinajstić information content (AvgIpc) is 2.31. The molecule has 0 unspecified atom stereocenters. The SMILES string of the molecule is Cc1cc(=O)[nH]c2cnc(C)n12. The van der Waals surface area contributed by atoms with Crippen LogP contribution < -0.4 is 5.56 Å². The van der Waals surface area contributed by atoms with Crippen LogP contribution in [0.2, 0.25) is 0 Å². The Morgan fingerprint density at radius 3 is 3.00 bits per heavy atom. The van der Waals surface area contributed by atoms with Crippen molar-refractivity contribution in [2.24, 2.45) is 0 Å². The van der Waals surface area contributed by atoms with Gasteiger partial charge in [0.2, 0.25) is 0 Å². The second kappa shape index (κ2) is 2.20. The highest BCUT2D eigenvalue weighted by molar-refractivity contribution is 5.37. The molecule has 0 radical (unpaired) electrons. The number of aromatic nitrogens is 3. The molecule has 2 aromatic heterocycles. The summed E-state index contributed by atoms with van der Waals surface area (Å²) >= 11 is 0. The third-order valence-electron chi connectivity index (χ3n) is 1.88. The van der Waals surface area contributed by atoms with Crippen molar-refractivity contribution in [2.75, 3.05) is 0 Å². The molecule has 0 saturated carbocycles. The first-order valence-corrected chi connectivity index (χ1v) is 3.72. The minimum absolute atomic E-state index is 0.0834. The van der Waals surface area contributed by atoms with E-state index in [-0.39, 0.29) is 5.56 Å².